The van der Waals surface area contributed by atoms with E-state index >= 15 is 0 Å². The van der Waals surface area contributed by atoms with E-state index in [1.807, 2.05) is 0 Å². The minimum atomic E-state index is -3.66. The van der Waals surface area contributed by atoms with Crippen LogP contribution >= 0.6 is 0 Å². The van der Waals surface area contributed by atoms with E-state index < -0.39 is 16.2 Å². The molecule has 0 radical (unpaired) electrons. The summed E-state index contributed by atoms with van der Waals surface area (Å²) in [5.41, 5.74) is 4.87. The van der Waals surface area contributed by atoms with Crippen molar-refractivity contribution in [1.29, 1.82) is 0 Å². The van der Waals surface area contributed by atoms with E-state index in [-0.39, 0.29) is 18.9 Å². The van der Waals surface area contributed by atoms with Crippen LogP contribution in [0.2, 0.25) is 0 Å². The smallest absolute Gasteiger partial charge is 0.264 e. The van der Waals surface area contributed by atoms with E-state index in [4.69, 9.17) is 20.5 Å². The van der Waals surface area contributed by atoms with Gasteiger partial charge in [-0.05, 0) is 6.92 Å². The van der Waals surface area contributed by atoms with Gasteiger partial charge in [-0.2, -0.15) is 8.42 Å². The first-order chi connectivity index (χ1) is 5.37. The van der Waals surface area contributed by atoms with Gasteiger partial charge in [0.1, 0.15) is 0 Å². The highest BCUT2D eigenvalue weighted by Crippen LogP contribution is 1.74. The Labute approximate surface area is 71.8 Å². The van der Waals surface area contributed by atoms with Crippen LogP contribution in [0.5, 0.6) is 0 Å². The molecule has 0 rings (SSSR count). The summed E-state index contributed by atoms with van der Waals surface area (Å²) in [4.78, 5) is 0. The van der Waals surface area contributed by atoms with Crippen molar-refractivity contribution in [3.63, 3.8) is 0 Å². The predicted molar refractivity (Wildman–Crippen MR) is 44.2 cm³/mol. The van der Waals surface area contributed by atoms with Crippen molar-refractivity contribution in [3.8, 4) is 0 Å². The van der Waals surface area contributed by atoms with Crippen molar-refractivity contribution < 1.29 is 23.2 Å². The zero-order valence-corrected chi connectivity index (χ0v) is 7.66. The molecule has 0 aromatic heterocycles. The minimum Gasteiger partial charge on any atom is -0.394 e. The molecule has 0 spiro atoms. The molecule has 7 heteroatoms. The second-order valence-corrected chi connectivity index (χ2v) is 3.68. The first kappa shape index (κ1) is 14.3. The van der Waals surface area contributed by atoms with Crippen LogP contribution in [-0.4, -0.2) is 48.2 Å². The fraction of sp³-hybridized carbons (Fsp3) is 1.00. The van der Waals surface area contributed by atoms with E-state index in [0.717, 1.165) is 0 Å². The topological polar surface area (TPSA) is 121 Å². The van der Waals surface area contributed by atoms with E-state index in [2.05, 4.69) is 0 Å². The molecule has 0 aromatic rings. The molecule has 0 aromatic carbocycles. The molecule has 12 heavy (non-hydrogen) atoms. The number of hydrogen-bond acceptors (Lipinski definition) is 5. The lowest BCUT2D eigenvalue weighted by molar-refractivity contribution is 0.102. The van der Waals surface area contributed by atoms with Gasteiger partial charge in [0.2, 0.25) is 0 Å². The van der Waals surface area contributed by atoms with Crippen molar-refractivity contribution in [2.24, 2.45) is 5.73 Å². The maximum Gasteiger partial charge on any atom is 0.264 e. The van der Waals surface area contributed by atoms with E-state index in [0.29, 0.717) is 0 Å². The van der Waals surface area contributed by atoms with Crippen LogP contribution in [0.15, 0.2) is 0 Å². The van der Waals surface area contributed by atoms with Crippen molar-refractivity contribution >= 4 is 10.1 Å². The highest BCUT2D eigenvalue weighted by atomic mass is 32.2. The first-order valence-electron chi connectivity index (χ1n) is 3.31. The van der Waals surface area contributed by atoms with Gasteiger partial charge in [-0.1, -0.05) is 0 Å². The summed E-state index contributed by atoms with van der Waals surface area (Å²) in [6, 6.07) is 0. The van der Waals surface area contributed by atoms with E-state index in [9.17, 15) is 8.42 Å². The molecule has 76 valence electrons. The van der Waals surface area contributed by atoms with Gasteiger partial charge in [-0.25, -0.2) is 0 Å². The fourth-order valence-electron chi connectivity index (χ4n) is 0.0745. The SMILES string of the molecule is CCS(=O)(=O)O.NCC(O)CO. The lowest BCUT2D eigenvalue weighted by Crippen LogP contribution is -2.22. The zero-order chi connectivity index (χ0) is 10.2. The molecule has 1 atom stereocenters. The molecule has 0 aliphatic rings. The molecule has 0 saturated carbocycles. The van der Waals surface area contributed by atoms with Gasteiger partial charge < -0.3 is 15.9 Å². The highest BCUT2D eigenvalue weighted by Gasteiger charge is 1.93. The summed E-state index contributed by atoms with van der Waals surface area (Å²) in [5.74, 6) is -0.201. The Morgan fingerprint density at radius 1 is 1.50 bits per heavy atom. The second-order valence-electron chi connectivity index (χ2n) is 1.94. The number of nitrogens with two attached hydrogens (primary N) is 1. The molecule has 1 unspecified atom stereocenters. The van der Waals surface area contributed by atoms with Crippen LogP contribution in [0.1, 0.15) is 6.92 Å². The Balaban J connectivity index is 0. The van der Waals surface area contributed by atoms with E-state index in [1.54, 1.807) is 0 Å². The minimum absolute atomic E-state index is 0.135. The second kappa shape index (κ2) is 7.44. The van der Waals surface area contributed by atoms with Crippen molar-refractivity contribution in [3.05, 3.63) is 0 Å². The van der Waals surface area contributed by atoms with Gasteiger partial charge in [0, 0.05) is 6.54 Å². The molecule has 0 bridgehead atoms. The van der Waals surface area contributed by atoms with Gasteiger partial charge in [0.05, 0.1) is 18.5 Å². The number of aliphatic hydroxyl groups is 2. The number of rotatable bonds is 3. The fourth-order valence-corrected chi connectivity index (χ4v) is 0.0745. The summed E-state index contributed by atoms with van der Waals surface area (Å²) >= 11 is 0. The molecule has 0 aliphatic carbocycles. The third kappa shape index (κ3) is 16.4. The molecule has 0 amide bonds. The van der Waals surface area contributed by atoms with Gasteiger partial charge in [-0.3, -0.25) is 4.55 Å². The van der Waals surface area contributed by atoms with Gasteiger partial charge in [0.25, 0.3) is 10.1 Å². The Bertz CT molecular complexity index is 174. The lowest BCUT2D eigenvalue weighted by atomic mass is 10.4. The average Bonchev–Trinajstić information content (AvgIpc) is 2.03. The number of hydrogen-bond donors (Lipinski definition) is 4. The normalized spacial score (nSPS) is 13.1. The molecule has 0 aliphatic heterocycles. The van der Waals surface area contributed by atoms with Crippen LogP contribution in [0, 0.1) is 0 Å². The molecule has 0 heterocycles. The largest absolute Gasteiger partial charge is 0.394 e. The average molecular weight is 201 g/mol. The Morgan fingerprint density at radius 3 is 1.83 bits per heavy atom. The molecule has 0 saturated heterocycles. The maximum absolute atomic E-state index is 9.56. The summed E-state index contributed by atoms with van der Waals surface area (Å²) < 4.78 is 26.9. The van der Waals surface area contributed by atoms with Crippen molar-refractivity contribution in [2.75, 3.05) is 18.9 Å². The highest BCUT2D eigenvalue weighted by molar-refractivity contribution is 7.85. The molecular weight excluding hydrogens is 186 g/mol. The van der Waals surface area contributed by atoms with E-state index in [1.165, 1.54) is 6.92 Å². The van der Waals surface area contributed by atoms with Crippen LogP contribution in [0.3, 0.4) is 0 Å². The molecular formula is C5H15NO5S. The lowest BCUT2D eigenvalue weighted by Gasteiger charge is -1.97. The maximum atomic E-state index is 9.56. The van der Waals surface area contributed by atoms with Gasteiger partial charge in [0.15, 0.2) is 0 Å². The Morgan fingerprint density at radius 2 is 1.83 bits per heavy atom. The first-order valence-corrected chi connectivity index (χ1v) is 4.92. The monoisotopic (exact) mass is 201 g/mol. The standard InChI is InChI=1S/C3H9NO2.C2H6O3S/c4-1-3(6)2-5;1-2-6(3,4)5/h3,5-6H,1-2,4H2;2H2,1H3,(H,3,4,5). The summed E-state index contributed by atoms with van der Waals surface area (Å²) in [7, 11) is -3.66. The van der Waals surface area contributed by atoms with Gasteiger partial charge >= 0.3 is 0 Å². The van der Waals surface area contributed by atoms with Crippen molar-refractivity contribution in [2.45, 2.75) is 13.0 Å². The van der Waals surface area contributed by atoms with Crippen LogP contribution in [0.4, 0.5) is 0 Å². The Hall–Kier alpha value is -0.210. The third-order valence-corrected chi connectivity index (χ3v) is 1.58. The van der Waals surface area contributed by atoms with Crippen LogP contribution < -0.4 is 5.73 Å². The zero-order valence-electron chi connectivity index (χ0n) is 6.84. The predicted octanol–water partition coefficient (Wildman–Crippen LogP) is -1.81. The molecule has 0 fully saturated rings. The Kier molecular flexibility index (Phi) is 8.88. The van der Waals surface area contributed by atoms with Crippen LogP contribution in [0.25, 0.3) is 0 Å². The quantitative estimate of drug-likeness (QED) is 0.399. The molecule has 6 nitrogen and oxygen atoms in total. The summed E-state index contributed by atoms with van der Waals surface area (Å²) in [6.45, 7) is 1.27. The van der Waals surface area contributed by atoms with Crippen molar-refractivity contribution in [1.82, 2.24) is 0 Å². The summed E-state index contributed by atoms with van der Waals surface area (Å²) in [5, 5.41) is 16.3. The van der Waals surface area contributed by atoms with Crippen LogP contribution in [-0.2, 0) is 10.1 Å². The summed E-state index contributed by atoms with van der Waals surface area (Å²) in [6.07, 6.45) is -0.731. The third-order valence-electron chi connectivity index (χ3n) is 0.848. The van der Waals surface area contributed by atoms with Gasteiger partial charge in [-0.15, -0.1) is 0 Å². The molecule has 5 N–H and O–H groups in total. The number of aliphatic hydroxyl groups excluding tert-OH is 2.